The summed E-state index contributed by atoms with van der Waals surface area (Å²) >= 11 is 0. The molecule has 1 heterocycles. The molecule has 7 heteroatoms. The highest BCUT2D eigenvalue weighted by Crippen LogP contribution is 2.36. The molecule has 0 saturated carbocycles. The molecular formula is C18H29BO5S. The third-order valence-corrected chi connectivity index (χ3v) is 6.81. The van der Waals surface area contributed by atoms with E-state index >= 15 is 0 Å². The van der Waals surface area contributed by atoms with Gasteiger partial charge in [0.05, 0.1) is 27.5 Å². The summed E-state index contributed by atoms with van der Waals surface area (Å²) in [5, 5.41) is 9.81. The van der Waals surface area contributed by atoms with E-state index < -0.39 is 33.8 Å². The van der Waals surface area contributed by atoms with Crippen molar-refractivity contribution in [2.75, 3.05) is 5.75 Å². The zero-order valence-corrected chi connectivity index (χ0v) is 17.0. The molecule has 1 aromatic rings. The predicted molar refractivity (Wildman–Crippen MR) is 99.9 cm³/mol. The topological polar surface area (TPSA) is 72.8 Å². The number of rotatable bonds is 5. The third-order valence-electron chi connectivity index (χ3n) is 5.10. The number of benzene rings is 1. The summed E-state index contributed by atoms with van der Waals surface area (Å²) in [4.78, 5) is 0.229. The normalized spacial score (nSPS) is 20.1. The molecule has 1 fully saturated rings. The monoisotopic (exact) mass is 368 g/mol. The fraction of sp³-hybridized carbons (Fsp3) is 0.667. The molecular weight excluding hydrogens is 339 g/mol. The lowest BCUT2D eigenvalue weighted by Gasteiger charge is -2.32. The average Bonchev–Trinajstić information content (AvgIpc) is 2.65. The minimum absolute atomic E-state index is 0.109. The van der Waals surface area contributed by atoms with Crippen LogP contribution in [0.4, 0.5) is 0 Å². The second-order valence-electron chi connectivity index (χ2n) is 8.49. The van der Waals surface area contributed by atoms with Gasteiger partial charge in [-0.15, -0.1) is 0 Å². The van der Waals surface area contributed by atoms with Crippen LogP contribution in [0.5, 0.6) is 0 Å². The van der Waals surface area contributed by atoms with Crippen LogP contribution in [-0.2, 0) is 19.1 Å². The van der Waals surface area contributed by atoms with Crippen molar-refractivity contribution < 1.29 is 22.8 Å². The maximum Gasteiger partial charge on any atom is 0.495 e. The summed E-state index contributed by atoms with van der Waals surface area (Å²) in [5.41, 5.74) is -0.352. The number of aliphatic hydroxyl groups is 1. The predicted octanol–water partition coefficient (Wildman–Crippen LogP) is 2.23. The lowest BCUT2D eigenvalue weighted by molar-refractivity contribution is 0.00578. The SMILES string of the molecule is Cc1ccc(S(=O)(=O)CCC(C)(C)O)cc1B1OC(C)(C)C(C)(C)O1. The van der Waals surface area contributed by atoms with Crippen LogP contribution in [0.3, 0.4) is 0 Å². The molecule has 0 atom stereocenters. The molecule has 1 aliphatic rings. The van der Waals surface area contributed by atoms with Gasteiger partial charge in [-0.3, -0.25) is 0 Å². The van der Waals surface area contributed by atoms with E-state index in [-0.39, 0.29) is 17.1 Å². The molecule has 25 heavy (non-hydrogen) atoms. The van der Waals surface area contributed by atoms with Crippen LogP contribution >= 0.6 is 0 Å². The second kappa shape index (κ2) is 6.37. The number of hydrogen-bond donors (Lipinski definition) is 1. The molecule has 0 radical (unpaired) electrons. The molecule has 140 valence electrons. The first-order valence-electron chi connectivity index (χ1n) is 8.56. The van der Waals surface area contributed by atoms with Crippen molar-refractivity contribution in [1.82, 2.24) is 0 Å². The minimum Gasteiger partial charge on any atom is -0.399 e. The molecule has 0 aromatic heterocycles. The van der Waals surface area contributed by atoms with Crippen LogP contribution in [0.1, 0.15) is 53.5 Å². The number of hydrogen-bond acceptors (Lipinski definition) is 5. The van der Waals surface area contributed by atoms with Crippen LogP contribution in [0.15, 0.2) is 23.1 Å². The highest BCUT2D eigenvalue weighted by Gasteiger charge is 2.52. The maximum absolute atomic E-state index is 12.6. The minimum atomic E-state index is -3.49. The average molecular weight is 368 g/mol. The largest absolute Gasteiger partial charge is 0.495 e. The van der Waals surface area contributed by atoms with Gasteiger partial charge in [-0.2, -0.15) is 0 Å². The van der Waals surface area contributed by atoms with Gasteiger partial charge in [0.2, 0.25) is 0 Å². The second-order valence-corrected chi connectivity index (χ2v) is 10.6. The Morgan fingerprint density at radius 2 is 1.64 bits per heavy atom. The Morgan fingerprint density at radius 1 is 1.12 bits per heavy atom. The van der Waals surface area contributed by atoms with Gasteiger partial charge in [0.15, 0.2) is 9.84 Å². The van der Waals surface area contributed by atoms with Crippen molar-refractivity contribution >= 4 is 22.4 Å². The van der Waals surface area contributed by atoms with E-state index in [0.29, 0.717) is 0 Å². The third kappa shape index (κ3) is 4.45. The Bertz CT molecular complexity index is 731. The Morgan fingerprint density at radius 3 is 2.12 bits per heavy atom. The lowest BCUT2D eigenvalue weighted by Crippen LogP contribution is -2.41. The Labute approximate surface area is 151 Å². The molecule has 5 nitrogen and oxygen atoms in total. The summed E-state index contributed by atoms with van der Waals surface area (Å²) in [6.45, 7) is 13.0. The van der Waals surface area contributed by atoms with Gasteiger partial charge in [0.1, 0.15) is 0 Å². The van der Waals surface area contributed by atoms with Crippen molar-refractivity contribution in [3.05, 3.63) is 23.8 Å². The molecule has 1 saturated heterocycles. The molecule has 1 aromatic carbocycles. The first kappa shape index (κ1) is 20.4. The molecule has 0 amide bonds. The van der Waals surface area contributed by atoms with Gasteiger partial charge < -0.3 is 14.4 Å². The molecule has 0 aliphatic carbocycles. The van der Waals surface area contributed by atoms with E-state index in [1.807, 2.05) is 34.6 Å². The molecule has 1 N–H and O–H groups in total. The van der Waals surface area contributed by atoms with Crippen LogP contribution in [0.2, 0.25) is 0 Å². The first-order valence-corrected chi connectivity index (χ1v) is 10.2. The fourth-order valence-electron chi connectivity index (χ4n) is 2.54. The molecule has 2 rings (SSSR count). The van der Waals surface area contributed by atoms with Gasteiger partial charge in [-0.25, -0.2) is 8.42 Å². The Hall–Kier alpha value is -0.885. The van der Waals surface area contributed by atoms with E-state index in [1.165, 1.54) is 0 Å². The smallest absolute Gasteiger partial charge is 0.399 e. The first-order chi connectivity index (χ1) is 11.1. The van der Waals surface area contributed by atoms with E-state index in [0.717, 1.165) is 11.0 Å². The summed E-state index contributed by atoms with van der Waals surface area (Å²) in [6, 6.07) is 5.01. The van der Waals surface area contributed by atoms with Gasteiger partial charge in [0.25, 0.3) is 0 Å². The number of aryl methyl sites for hydroxylation is 1. The molecule has 0 unspecified atom stereocenters. The summed E-state index contributed by atoms with van der Waals surface area (Å²) in [6.07, 6.45) is 0.176. The van der Waals surface area contributed by atoms with E-state index in [4.69, 9.17) is 9.31 Å². The Kier molecular flexibility index (Phi) is 5.21. The highest BCUT2D eigenvalue weighted by molar-refractivity contribution is 7.91. The quantitative estimate of drug-likeness (QED) is 0.807. The Balaban J connectivity index is 2.33. The van der Waals surface area contributed by atoms with Crippen molar-refractivity contribution in [3.8, 4) is 0 Å². The van der Waals surface area contributed by atoms with Crippen molar-refractivity contribution in [2.24, 2.45) is 0 Å². The van der Waals surface area contributed by atoms with Gasteiger partial charge in [0, 0.05) is 0 Å². The maximum atomic E-state index is 12.6. The summed E-state index contributed by atoms with van der Waals surface area (Å²) in [7, 11) is -4.09. The van der Waals surface area contributed by atoms with E-state index in [1.54, 1.807) is 32.0 Å². The van der Waals surface area contributed by atoms with Gasteiger partial charge >= 0.3 is 7.12 Å². The van der Waals surface area contributed by atoms with Gasteiger partial charge in [-0.05, 0) is 72.5 Å². The molecule has 1 aliphatic heterocycles. The zero-order chi connectivity index (χ0) is 19.3. The van der Waals surface area contributed by atoms with Crippen LogP contribution in [0.25, 0.3) is 0 Å². The van der Waals surface area contributed by atoms with Crippen LogP contribution < -0.4 is 5.46 Å². The van der Waals surface area contributed by atoms with Crippen LogP contribution in [0, 0.1) is 6.92 Å². The van der Waals surface area contributed by atoms with Gasteiger partial charge in [-0.1, -0.05) is 11.6 Å². The molecule has 0 spiro atoms. The number of sulfone groups is 1. The molecule has 0 bridgehead atoms. The van der Waals surface area contributed by atoms with Crippen LogP contribution in [-0.4, -0.2) is 43.2 Å². The zero-order valence-electron chi connectivity index (χ0n) is 16.2. The lowest BCUT2D eigenvalue weighted by atomic mass is 9.76. The van der Waals surface area contributed by atoms with E-state index in [9.17, 15) is 13.5 Å². The fourth-order valence-corrected chi connectivity index (χ4v) is 4.12. The highest BCUT2D eigenvalue weighted by atomic mass is 32.2. The van der Waals surface area contributed by atoms with Crippen molar-refractivity contribution in [3.63, 3.8) is 0 Å². The van der Waals surface area contributed by atoms with Crippen molar-refractivity contribution in [1.29, 1.82) is 0 Å². The van der Waals surface area contributed by atoms with Crippen molar-refractivity contribution in [2.45, 2.75) is 76.6 Å². The summed E-state index contributed by atoms with van der Waals surface area (Å²) < 4.78 is 37.4. The standard InChI is InChI=1S/C18H29BO5S/c1-13-8-9-14(25(21,22)11-10-16(2,3)20)12-15(13)19-23-17(4,5)18(6,7)24-19/h8-9,12,20H,10-11H2,1-7H3. The summed E-state index contributed by atoms with van der Waals surface area (Å²) in [5.74, 6) is -0.109. The van der Waals surface area contributed by atoms with E-state index in [2.05, 4.69) is 0 Å².